The van der Waals surface area contributed by atoms with Gasteiger partial charge in [0.25, 0.3) is 0 Å². The zero-order valence-corrected chi connectivity index (χ0v) is 12.0. The third-order valence-electron chi connectivity index (χ3n) is 2.02. The molecule has 6 heteroatoms. The summed E-state index contributed by atoms with van der Waals surface area (Å²) in [4.78, 5) is 1.05. The Morgan fingerprint density at radius 2 is 2.00 bits per heavy atom. The first-order chi connectivity index (χ1) is 7.99. The maximum atomic E-state index is 10.9. The zero-order valence-electron chi connectivity index (χ0n) is 9.65. The summed E-state index contributed by atoms with van der Waals surface area (Å²) >= 11 is 7.66. The van der Waals surface area contributed by atoms with E-state index in [1.165, 1.54) is 6.26 Å². The van der Waals surface area contributed by atoms with Crippen LogP contribution in [-0.4, -0.2) is 39.3 Å². The third-order valence-corrected chi connectivity index (χ3v) is 4.49. The first-order valence-corrected chi connectivity index (χ1v) is 8.67. The minimum absolute atomic E-state index is 0.184. The second kappa shape index (κ2) is 7.26. The van der Waals surface area contributed by atoms with Crippen LogP contribution < -0.4 is 5.32 Å². The van der Waals surface area contributed by atoms with Gasteiger partial charge in [-0.15, -0.1) is 11.8 Å². The highest BCUT2D eigenvalue weighted by molar-refractivity contribution is 7.99. The van der Waals surface area contributed by atoms with Crippen molar-refractivity contribution >= 4 is 33.2 Å². The molecule has 1 aromatic rings. The van der Waals surface area contributed by atoms with Crippen molar-refractivity contribution in [2.45, 2.75) is 4.90 Å². The lowest BCUT2D eigenvalue weighted by atomic mass is 10.4. The van der Waals surface area contributed by atoms with Crippen LogP contribution in [0.15, 0.2) is 29.2 Å². The predicted octanol–water partition coefficient (Wildman–Crippen LogP) is 2.07. The Kier molecular flexibility index (Phi) is 6.33. The van der Waals surface area contributed by atoms with Gasteiger partial charge < -0.3 is 5.32 Å². The van der Waals surface area contributed by atoms with E-state index in [9.17, 15) is 8.42 Å². The van der Waals surface area contributed by atoms with Gasteiger partial charge in [0.05, 0.1) is 10.8 Å². The fraction of sp³-hybridized carbons (Fsp3) is 0.455. The molecule has 0 aromatic heterocycles. The van der Waals surface area contributed by atoms with Gasteiger partial charge in [-0.1, -0.05) is 23.7 Å². The van der Waals surface area contributed by atoms with Gasteiger partial charge in [-0.25, -0.2) is 8.42 Å². The number of halogens is 1. The van der Waals surface area contributed by atoms with E-state index in [1.807, 2.05) is 24.3 Å². The van der Waals surface area contributed by atoms with Crippen LogP contribution in [0.25, 0.3) is 0 Å². The second-order valence-electron chi connectivity index (χ2n) is 3.66. The van der Waals surface area contributed by atoms with Crippen LogP contribution in [0.1, 0.15) is 0 Å². The fourth-order valence-corrected chi connectivity index (χ4v) is 2.84. The highest BCUT2D eigenvalue weighted by Crippen LogP contribution is 2.25. The Labute approximate surface area is 112 Å². The standard InChI is InChI=1S/C11H16ClNO2S2/c1-17(14,15)9-7-13-6-8-16-11-5-3-2-4-10(11)12/h2-5,13H,6-9H2,1H3. The second-order valence-corrected chi connectivity index (χ2v) is 7.46. The maximum Gasteiger partial charge on any atom is 0.148 e. The molecule has 0 spiro atoms. The molecule has 0 aliphatic rings. The molecule has 1 aromatic carbocycles. The number of rotatable bonds is 7. The molecular weight excluding hydrogens is 278 g/mol. The van der Waals surface area contributed by atoms with Crippen molar-refractivity contribution in [3.63, 3.8) is 0 Å². The Bertz CT molecular complexity index is 449. The van der Waals surface area contributed by atoms with Gasteiger partial charge in [0.2, 0.25) is 0 Å². The van der Waals surface area contributed by atoms with Crippen LogP contribution in [0.5, 0.6) is 0 Å². The highest BCUT2D eigenvalue weighted by Gasteiger charge is 2.01. The molecule has 0 heterocycles. The van der Waals surface area contributed by atoms with E-state index in [4.69, 9.17) is 11.6 Å². The number of hydrogen-bond acceptors (Lipinski definition) is 4. The lowest BCUT2D eigenvalue weighted by Gasteiger charge is -2.05. The van der Waals surface area contributed by atoms with Crippen LogP contribution in [0.2, 0.25) is 5.02 Å². The molecule has 1 rings (SSSR count). The number of hydrogen-bond donors (Lipinski definition) is 1. The van der Waals surface area contributed by atoms with E-state index in [2.05, 4.69) is 5.32 Å². The Hall–Kier alpha value is -0.230. The van der Waals surface area contributed by atoms with Gasteiger partial charge in [0, 0.05) is 30.0 Å². The van der Waals surface area contributed by atoms with E-state index in [0.29, 0.717) is 6.54 Å². The summed E-state index contributed by atoms with van der Waals surface area (Å²) in [6, 6.07) is 7.69. The van der Waals surface area contributed by atoms with Crippen LogP contribution in [0.4, 0.5) is 0 Å². The smallest absolute Gasteiger partial charge is 0.148 e. The SMILES string of the molecule is CS(=O)(=O)CCNCCSc1ccccc1Cl. The minimum atomic E-state index is -2.86. The van der Waals surface area contributed by atoms with Crippen LogP contribution in [-0.2, 0) is 9.84 Å². The topological polar surface area (TPSA) is 46.2 Å². The third kappa shape index (κ3) is 6.93. The van der Waals surface area contributed by atoms with Crippen LogP contribution >= 0.6 is 23.4 Å². The van der Waals surface area contributed by atoms with Crippen molar-refractivity contribution in [3.8, 4) is 0 Å². The average molecular weight is 294 g/mol. The van der Waals surface area contributed by atoms with Crippen LogP contribution in [0, 0.1) is 0 Å². The van der Waals surface area contributed by atoms with E-state index in [1.54, 1.807) is 11.8 Å². The van der Waals surface area contributed by atoms with Gasteiger partial charge in [0.15, 0.2) is 0 Å². The first kappa shape index (κ1) is 14.8. The molecule has 1 N–H and O–H groups in total. The Balaban J connectivity index is 2.15. The van der Waals surface area contributed by atoms with Crippen molar-refractivity contribution in [2.24, 2.45) is 0 Å². The first-order valence-electron chi connectivity index (χ1n) is 5.25. The summed E-state index contributed by atoms with van der Waals surface area (Å²) in [7, 11) is -2.86. The fourth-order valence-electron chi connectivity index (χ4n) is 1.18. The summed E-state index contributed by atoms with van der Waals surface area (Å²) < 4.78 is 21.7. The molecule has 96 valence electrons. The van der Waals surface area contributed by atoms with E-state index in [0.717, 1.165) is 22.2 Å². The Morgan fingerprint density at radius 3 is 2.65 bits per heavy atom. The molecule has 3 nitrogen and oxygen atoms in total. The summed E-state index contributed by atoms with van der Waals surface area (Å²) in [6.07, 6.45) is 1.24. The van der Waals surface area contributed by atoms with E-state index < -0.39 is 9.84 Å². The molecule has 0 bridgehead atoms. The highest BCUT2D eigenvalue weighted by atomic mass is 35.5. The minimum Gasteiger partial charge on any atom is -0.315 e. The zero-order chi connectivity index (χ0) is 12.7. The van der Waals surface area contributed by atoms with Crippen molar-refractivity contribution in [1.82, 2.24) is 5.32 Å². The van der Waals surface area contributed by atoms with Gasteiger partial charge in [-0.3, -0.25) is 0 Å². The molecule has 0 saturated carbocycles. The number of thioether (sulfide) groups is 1. The largest absolute Gasteiger partial charge is 0.315 e. The molecule has 17 heavy (non-hydrogen) atoms. The van der Waals surface area contributed by atoms with Crippen molar-refractivity contribution in [3.05, 3.63) is 29.3 Å². The van der Waals surface area contributed by atoms with Gasteiger partial charge >= 0.3 is 0 Å². The molecule has 0 atom stereocenters. The molecule has 0 saturated heterocycles. The number of benzene rings is 1. The van der Waals surface area contributed by atoms with Crippen molar-refractivity contribution in [1.29, 1.82) is 0 Å². The van der Waals surface area contributed by atoms with Crippen molar-refractivity contribution < 1.29 is 8.42 Å². The average Bonchev–Trinajstić information content (AvgIpc) is 2.24. The summed E-state index contributed by atoms with van der Waals surface area (Å²) in [5.41, 5.74) is 0. The quantitative estimate of drug-likeness (QED) is 0.617. The molecule has 0 fully saturated rings. The molecule has 0 aliphatic heterocycles. The van der Waals surface area contributed by atoms with Gasteiger partial charge in [0.1, 0.15) is 9.84 Å². The van der Waals surface area contributed by atoms with Gasteiger partial charge in [-0.05, 0) is 12.1 Å². The monoisotopic (exact) mass is 293 g/mol. The Morgan fingerprint density at radius 1 is 1.29 bits per heavy atom. The lowest BCUT2D eigenvalue weighted by molar-refractivity contribution is 0.598. The lowest BCUT2D eigenvalue weighted by Crippen LogP contribution is -2.24. The normalized spacial score (nSPS) is 11.6. The molecule has 0 radical (unpaired) electrons. The summed E-state index contributed by atoms with van der Waals surface area (Å²) in [5, 5.41) is 3.85. The predicted molar refractivity (Wildman–Crippen MR) is 74.8 cm³/mol. The van der Waals surface area contributed by atoms with Crippen LogP contribution in [0.3, 0.4) is 0 Å². The van der Waals surface area contributed by atoms with E-state index >= 15 is 0 Å². The van der Waals surface area contributed by atoms with Crippen molar-refractivity contribution in [2.75, 3.05) is 30.9 Å². The van der Waals surface area contributed by atoms with Gasteiger partial charge in [-0.2, -0.15) is 0 Å². The maximum absolute atomic E-state index is 10.9. The molecule has 0 aliphatic carbocycles. The summed E-state index contributed by atoms with van der Waals surface area (Å²) in [5.74, 6) is 1.05. The number of nitrogens with one attached hydrogen (secondary N) is 1. The van der Waals surface area contributed by atoms with E-state index in [-0.39, 0.29) is 5.75 Å². The molecule has 0 unspecified atom stereocenters. The molecular formula is C11H16ClNO2S2. The molecule has 0 amide bonds. The summed E-state index contributed by atoms with van der Waals surface area (Å²) in [6.45, 7) is 1.27. The number of sulfone groups is 1.